The minimum atomic E-state index is -0.356. The maximum atomic E-state index is 12.4. The third-order valence-electron chi connectivity index (χ3n) is 3.83. The molecule has 118 valence electrons. The van der Waals surface area contributed by atoms with Crippen molar-refractivity contribution in [1.29, 1.82) is 0 Å². The molecule has 0 bridgehead atoms. The summed E-state index contributed by atoms with van der Waals surface area (Å²) in [4.78, 5) is 29.3. The predicted octanol–water partition coefficient (Wildman–Crippen LogP) is 1.82. The molecule has 1 aliphatic heterocycles. The quantitative estimate of drug-likeness (QED) is 0.933. The summed E-state index contributed by atoms with van der Waals surface area (Å²) in [5.41, 5.74) is 5.75. The number of carbonyl (C=O) groups excluding carboxylic acids is 2. The van der Waals surface area contributed by atoms with Crippen molar-refractivity contribution >= 4 is 11.8 Å². The molecule has 2 amide bonds. The van der Waals surface area contributed by atoms with Gasteiger partial charge in [-0.05, 0) is 24.6 Å². The van der Waals surface area contributed by atoms with E-state index in [9.17, 15) is 9.59 Å². The third-order valence-corrected chi connectivity index (χ3v) is 3.83. The molecule has 0 spiro atoms. The van der Waals surface area contributed by atoms with Gasteiger partial charge >= 0.3 is 0 Å². The van der Waals surface area contributed by atoms with Crippen LogP contribution in [-0.4, -0.2) is 34.8 Å². The molecule has 0 radical (unpaired) electrons. The van der Waals surface area contributed by atoms with Gasteiger partial charge in [-0.25, -0.2) is 4.98 Å². The van der Waals surface area contributed by atoms with Crippen LogP contribution in [-0.2, 0) is 4.79 Å². The van der Waals surface area contributed by atoms with E-state index in [2.05, 4.69) is 4.98 Å². The van der Waals surface area contributed by atoms with Crippen LogP contribution in [0.3, 0.4) is 0 Å². The fourth-order valence-electron chi connectivity index (χ4n) is 2.54. The van der Waals surface area contributed by atoms with E-state index in [4.69, 9.17) is 10.5 Å². The van der Waals surface area contributed by atoms with Gasteiger partial charge in [0.2, 0.25) is 11.8 Å². The number of ether oxygens (including phenoxy) is 1. The summed E-state index contributed by atoms with van der Waals surface area (Å²) in [7, 11) is 0. The summed E-state index contributed by atoms with van der Waals surface area (Å²) < 4.78 is 5.59. The molecule has 6 nitrogen and oxygen atoms in total. The Morgan fingerprint density at radius 1 is 1.17 bits per heavy atom. The lowest BCUT2D eigenvalue weighted by Gasteiger charge is -2.15. The van der Waals surface area contributed by atoms with Crippen LogP contribution in [0.15, 0.2) is 48.7 Å². The molecular weight excluding hydrogens is 294 g/mol. The number of likely N-dealkylation sites (tertiary alicyclic amines) is 1. The zero-order chi connectivity index (χ0) is 16.2. The Morgan fingerprint density at radius 3 is 2.57 bits per heavy atom. The van der Waals surface area contributed by atoms with Gasteiger partial charge in [0.05, 0.1) is 11.5 Å². The van der Waals surface area contributed by atoms with Crippen molar-refractivity contribution < 1.29 is 14.3 Å². The highest BCUT2D eigenvalue weighted by molar-refractivity contribution is 5.94. The van der Waals surface area contributed by atoms with Crippen molar-refractivity contribution in [3.05, 3.63) is 54.2 Å². The minimum absolute atomic E-state index is 0.146. The van der Waals surface area contributed by atoms with Crippen molar-refractivity contribution in [2.75, 3.05) is 13.1 Å². The number of pyridine rings is 1. The predicted molar refractivity (Wildman–Crippen MR) is 84.0 cm³/mol. The Balaban J connectivity index is 1.65. The molecule has 23 heavy (non-hydrogen) atoms. The largest absolute Gasteiger partial charge is 0.439 e. The van der Waals surface area contributed by atoms with Gasteiger partial charge < -0.3 is 15.4 Å². The number of para-hydroxylation sites is 1. The van der Waals surface area contributed by atoms with Gasteiger partial charge in [0, 0.05) is 25.4 Å². The summed E-state index contributed by atoms with van der Waals surface area (Å²) in [5, 5.41) is 0. The van der Waals surface area contributed by atoms with E-state index in [1.54, 1.807) is 17.0 Å². The first-order valence-electron chi connectivity index (χ1n) is 7.41. The maximum absolute atomic E-state index is 12.4. The number of hydrogen-bond acceptors (Lipinski definition) is 4. The number of aromatic nitrogens is 1. The summed E-state index contributed by atoms with van der Waals surface area (Å²) >= 11 is 0. The van der Waals surface area contributed by atoms with Gasteiger partial charge in [0.25, 0.3) is 5.91 Å². The Hall–Kier alpha value is -2.89. The molecule has 2 heterocycles. The van der Waals surface area contributed by atoms with Gasteiger partial charge in [-0.3, -0.25) is 9.59 Å². The average molecular weight is 311 g/mol. The van der Waals surface area contributed by atoms with Gasteiger partial charge in [0.15, 0.2) is 0 Å². The summed E-state index contributed by atoms with van der Waals surface area (Å²) in [6.45, 7) is 0.908. The van der Waals surface area contributed by atoms with E-state index in [0.29, 0.717) is 36.7 Å². The number of carbonyl (C=O) groups is 2. The van der Waals surface area contributed by atoms with E-state index in [0.717, 1.165) is 0 Å². The number of nitrogens with two attached hydrogens (primary N) is 1. The molecule has 1 saturated heterocycles. The van der Waals surface area contributed by atoms with Crippen molar-refractivity contribution in [2.24, 2.45) is 11.7 Å². The number of rotatable bonds is 4. The van der Waals surface area contributed by atoms with Crippen LogP contribution in [0.2, 0.25) is 0 Å². The van der Waals surface area contributed by atoms with Crippen LogP contribution in [0, 0.1) is 5.92 Å². The molecule has 1 aromatic carbocycles. The van der Waals surface area contributed by atoms with Crippen LogP contribution in [0.4, 0.5) is 0 Å². The zero-order valence-corrected chi connectivity index (χ0v) is 12.5. The van der Waals surface area contributed by atoms with Crippen molar-refractivity contribution in [3.8, 4) is 11.6 Å². The van der Waals surface area contributed by atoms with E-state index >= 15 is 0 Å². The van der Waals surface area contributed by atoms with Gasteiger partial charge in [-0.15, -0.1) is 0 Å². The monoisotopic (exact) mass is 311 g/mol. The minimum Gasteiger partial charge on any atom is -0.439 e. The van der Waals surface area contributed by atoms with E-state index < -0.39 is 0 Å². The summed E-state index contributed by atoms with van der Waals surface area (Å²) in [5.74, 6) is 0.345. The number of primary amides is 1. The molecule has 1 atom stereocenters. The van der Waals surface area contributed by atoms with E-state index in [-0.39, 0.29) is 17.7 Å². The molecule has 1 fully saturated rings. The standard InChI is InChI=1S/C17H17N3O3/c18-16(21)13-8-9-20(11-13)17(22)12-6-7-15(19-10-12)23-14-4-2-1-3-5-14/h1-7,10,13H,8-9,11H2,(H2,18,21)/t13-/m0/s1. The summed E-state index contributed by atoms with van der Waals surface area (Å²) in [6.07, 6.45) is 2.10. The fourth-order valence-corrected chi connectivity index (χ4v) is 2.54. The second kappa shape index (κ2) is 6.48. The first-order chi connectivity index (χ1) is 11.1. The third kappa shape index (κ3) is 3.48. The van der Waals surface area contributed by atoms with Crippen LogP contribution in [0.1, 0.15) is 16.8 Å². The van der Waals surface area contributed by atoms with E-state index in [1.807, 2.05) is 30.3 Å². The molecule has 1 aromatic heterocycles. The SMILES string of the molecule is NC(=O)[C@H]1CCN(C(=O)c2ccc(Oc3ccccc3)nc2)C1. The number of hydrogen-bond donors (Lipinski definition) is 1. The van der Waals surface area contributed by atoms with Crippen molar-refractivity contribution in [1.82, 2.24) is 9.88 Å². The Morgan fingerprint density at radius 2 is 1.96 bits per heavy atom. The fraction of sp³-hybridized carbons (Fsp3) is 0.235. The van der Waals surface area contributed by atoms with Crippen molar-refractivity contribution in [2.45, 2.75) is 6.42 Å². The van der Waals surface area contributed by atoms with Crippen LogP contribution in [0.25, 0.3) is 0 Å². The second-order valence-electron chi connectivity index (χ2n) is 5.44. The normalized spacial score (nSPS) is 17.0. The lowest BCUT2D eigenvalue weighted by atomic mass is 10.1. The molecule has 0 aliphatic carbocycles. The molecule has 6 heteroatoms. The summed E-state index contributed by atoms with van der Waals surface area (Å²) in [6, 6.07) is 12.6. The van der Waals surface area contributed by atoms with Crippen LogP contribution < -0.4 is 10.5 Å². The number of nitrogens with zero attached hydrogens (tertiary/aromatic N) is 2. The van der Waals surface area contributed by atoms with Gasteiger partial charge in [0.1, 0.15) is 5.75 Å². The second-order valence-corrected chi connectivity index (χ2v) is 5.44. The lowest BCUT2D eigenvalue weighted by Crippen LogP contribution is -2.31. The molecular formula is C17H17N3O3. The highest BCUT2D eigenvalue weighted by Crippen LogP contribution is 2.21. The molecule has 0 saturated carbocycles. The maximum Gasteiger partial charge on any atom is 0.255 e. The highest BCUT2D eigenvalue weighted by atomic mass is 16.5. The smallest absolute Gasteiger partial charge is 0.255 e. The zero-order valence-electron chi connectivity index (χ0n) is 12.5. The molecule has 1 aliphatic rings. The molecule has 0 unspecified atom stereocenters. The lowest BCUT2D eigenvalue weighted by molar-refractivity contribution is -0.121. The Kier molecular flexibility index (Phi) is 4.23. The first-order valence-corrected chi connectivity index (χ1v) is 7.41. The van der Waals surface area contributed by atoms with Crippen LogP contribution in [0.5, 0.6) is 11.6 Å². The Bertz CT molecular complexity index is 701. The first kappa shape index (κ1) is 15.0. The van der Waals surface area contributed by atoms with Crippen LogP contribution >= 0.6 is 0 Å². The Labute approximate surface area is 133 Å². The van der Waals surface area contributed by atoms with E-state index in [1.165, 1.54) is 6.20 Å². The molecule has 3 rings (SSSR count). The topological polar surface area (TPSA) is 85.5 Å². The highest BCUT2D eigenvalue weighted by Gasteiger charge is 2.30. The van der Waals surface area contributed by atoms with Crippen molar-refractivity contribution in [3.63, 3.8) is 0 Å². The number of amides is 2. The van der Waals surface area contributed by atoms with Gasteiger partial charge in [-0.2, -0.15) is 0 Å². The van der Waals surface area contributed by atoms with Gasteiger partial charge in [-0.1, -0.05) is 18.2 Å². The molecule has 2 aromatic rings. The average Bonchev–Trinajstić information content (AvgIpc) is 3.06. The molecule has 2 N–H and O–H groups in total. The number of benzene rings is 1.